The maximum absolute atomic E-state index is 13.0. The molecule has 9 heteroatoms. The molecule has 1 saturated carbocycles. The number of ketones is 1. The number of nitrogens with zero attached hydrogens (tertiary/aromatic N) is 2. The predicted octanol–water partition coefficient (Wildman–Crippen LogP) is 4.17. The number of hydrogen-bond acceptors (Lipinski definition) is 5. The molecule has 0 unspecified atom stereocenters. The van der Waals surface area contributed by atoms with Gasteiger partial charge in [0.05, 0.1) is 0 Å². The molecule has 168 valence electrons. The molecule has 0 bridgehead atoms. The highest BCUT2D eigenvalue weighted by atomic mass is 35.5. The number of ether oxygens (including phenoxy) is 1. The first kappa shape index (κ1) is 26.2. The van der Waals surface area contributed by atoms with Gasteiger partial charge in [-0.15, -0.1) is 12.4 Å². The number of carbonyl (C=O) groups excluding carboxylic acids is 2. The zero-order valence-electron chi connectivity index (χ0n) is 17.8. The predicted molar refractivity (Wildman–Crippen MR) is 117 cm³/mol. The van der Waals surface area contributed by atoms with Gasteiger partial charge in [0.2, 0.25) is 0 Å². The van der Waals surface area contributed by atoms with Crippen LogP contribution in [0.3, 0.4) is 0 Å². The Hall–Kier alpha value is -1.83. The zero-order chi connectivity index (χ0) is 21.8. The smallest absolute Gasteiger partial charge is 0.411 e. The van der Waals surface area contributed by atoms with Crippen molar-refractivity contribution in [3.05, 3.63) is 34.9 Å². The Morgan fingerprint density at radius 1 is 1.23 bits per heavy atom. The summed E-state index contributed by atoms with van der Waals surface area (Å²) in [5.41, 5.74) is -0.596. The molecule has 30 heavy (non-hydrogen) atoms. The molecule has 1 aliphatic carbocycles. The van der Waals surface area contributed by atoms with E-state index in [1.165, 1.54) is 16.8 Å². The first-order valence-corrected chi connectivity index (χ1v) is 10.1. The summed E-state index contributed by atoms with van der Waals surface area (Å²) in [7, 11) is 3.12. The lowest BCUT2D eigenvalue weighted by Crippen LogP contribution is -2.55. The molecule has 2 atom stereocenters. The van der Waals surface area contributed by atoms with Crippen molar-refractivity contribution in [1.82, 2.24) is 9.80 Å². The van der Waals surface area contributed by atoms with E-state index in [0.29, 0.717) is 23.4 Å². The van der Waals surface area contributed by atoms with Gasteiger partial charge < -0.3 is 9.84 Å². The van der Waals surface area contributed by atoms with Gasteiger partial charge in [0.15, 0.2) is 5.78 Å². The summed E-state index contributed by atoms with van der Waals surface area (Å²) in [5.74, 6) is -1.22. The molecule has 2 rings (SSSR count). The van der Waals surface area contributed by atoms with Gasteiger partial charge in [0.25, 0.3) is 0 Å². The minimum absolute atomic E-state index is 0. The van der Waals surface area contributed by atoms with Crippen LogP contribution in [0.4, 0.5) is 4.79 Å². The number of hydrogen-bond donors (Lipinski definition) is 1. The van der Waals surface area contributed by atoms with E-state index in [1.54, 1.807) is 45.2 Å². The second kappa shape index (κ2) is 11.0. The van der Waals surface area contributed by atoms with Crippen LogP contribution in [-0.4, -0.2) is 59.6 Å². The molecule has 0 heterocycles. The van der Waals surface area contributed by atoms with Crippen molar-refractivity contribution in [2.45, 2.75) is 51.1 Å². The number of carbonyl (C=O) groups is 3. The monoisotopic (exact) mass is 460 g/mol. The Balaban J connectivity index is 0.00000450. The number of amides is 1. The van der Waals surface area contributed by atoms with E-state index in [9.17, 15) is 19.5 Å². The molecule has 0 spiro atoms. The number of carboxylic acids is 1. The van der Waals surface area contributed by atoms with Crippen molar-refractivity contribution in [1.29, 1.82) is 0 Å². The van der Waals surface area contributed by atoms with Crippen molar-refractivity contribution in [3.63, 3.8) is 0 Å². The Kier molecular flexibility index (Phi) is 9.59. The van der Waals surface area contributed by atoms with Crippen LogP contribution < -0.4 is 0 Å². The summed E-state index contributed by atoms with van der Waals surface area (Å²) in [6.07, 6.45) is 1.67. The van der Waals surface area contributed by atoms with E-state index < -0.39 is 23.6 Å². The van der Waals surface area contributed by atoms with Crippen LogP contribution in [0, 0.1) is 5.92 Å². The lowest BCUT2D eigenvalue weighted by molar-refractivity contribution is -0.146. The Labute approximate surface area is 188 Å². The Bertz CT molecular complexity index is 774. The second-order valence-corrected chi connectivity index (χ2v) is 8.26. The van der Waals surface area contributed by atoms with Crippen molar-refractivity contribution in [2.24, 2.45) is 5.92 Å². The lowest BCUT2D eigenvalue weighted by Gasteiger charge is -2.43. The number of carboxylic acid groups (broad SMARTS) is 1. The third-order valence-corrected chi connectivity index (χ3v) is 5.90. The molecule has 1 amide bonds. The van der Waals surface area contributed by atoms with Gasteiger partial charge in [-0.25, -0.2) is 4.79 Å². The van der Waals surface area contributed by atoms with Gasteiger partial charge in [-0.1, -0.05) is 43.6 Å². The fourth-order valence-corrected chi connectivity index (χ4v) is 4.39. The SMILES string of the molecule is CC(C)[C@@H](C(=O)O)N(C)COC(=O)N(C)[C@]1(c2ccccc2Cl)CCCCC1=O.Cl. The second-order valence-electron chi connectivity index (χ2n) is 7.85. The average Bonchev–Trinajstić information content (AvgIpc) is 2.66. The summed E-state index contributed by atoms with van der Waals surface area (Å²) < 4.78 is 5.39. The summed E-state index contributed by atoms with van der Waals surface area (Å²) in [4.78, 5) is 40.2. The van der Waals surface area contributed by atoms with Crippen LogP contribution in [0.15, 0.2) is 24.3 Å². The zero-order valence-corrected chi connectivity index (χ0v) is 19.3. The number of halogens is 2. The summed E-state index contributed by atoms with van der Waals surface area (Å²) in [6, 6.07) is 6.24. The van der Waals surface area contributed by atoms with E-state index in [-0.39, 0.29) is 30.8 Å². The third kappa shape index (κ3) is 5.25. The molecule has 1 N–H and O–H groups in total. The number of Topliss-reactive ketones (excluding diaryl/α,β-unsaturated/α-hetero) is 1. The van der Waals surface area contributed by atoms with Crippen LogP contribution in [-0.2, 0) is 19.9 Å². The lowest BCUT2D eigenvalue weighted by atomic mass is 9.74. The largest absolute Gasteiger partial charge is 0.480 e. The van der Waals surface area contributed by atoms with Crippen LogP contribution >= 0.6 is 24.0 Å². The van der Waals surface area contributed by atoms with Crippen LogP contribution in [0.1, 0.15) is 45.1 Å². The van der Waals surface area contributed by atoms with Crippen molar-refractivity contribution in [2.75, 3.05) is 20.8 Å². The van der Waals surface area contributed by atoms with E-state index in [2.05, 4.69) is 0 Å². The minimum Gasteiger partial charge on any atom is -0.480 e. The molecular formula is C21H30Cl2N2O5. The summed E-state index contributed by atoms with van der Waals surface area (Å²) >= 11 is 6.40. The van der Waals surface area contributed by atoms with E-state index in [0.717, 1.165) is 12.8 Å². The van der Waals surface area contributed by atoms with Crippen molar-refractivity contribution < 1.29 is 24.2 Å². The van der Waals surface area contributed by atoms with E-state index in [4.69, 9.17) is 16.3 Å². The highest BCUT2D eigenvalue weighted by Gasteiger charge is 2.48. The van der Waals surface area contributed by atoms with E-state index >= 15 is 0 Å². The Morgan fingerprint density at radius 2 is 1.87 bits per heavy atom. The molecule has 1 fully saturated rings. The van der Waals surface area contributed by atoms with Gasteiger partial charge >= 0.3 is 12.1 Å². The van der Waals surface area contributed by atoms with Gasteiger partial charge in [-0.05, 0) is 38.3 Å². The normalized spacial score (nSPS) is 19.9. The van der Waals surface area contributed by atoms with Crippen LogP contribution in [0.5, 0.6) is 0 Å². The quantitative estimate of drug-likeness (QED) is 0.614. The number of aliphatic carboxylic acids is 1. The fourth-order valence-electron chi connectivity index (χ4n) is 4.10. The topological polar surface area (TPSA) is 87.2 Å². The number of likely N-dealkylation sites (N-methyl/N-ethyl adjacent to an activating group) is 2. The molecule has 0 aliphatic heterocycles. The summed E-state index contributed by atoms with van der Waals surface area (Å²) in [6.45, 7) is 3.37. The van der Waals surface area contributed by atoms with Crippen LogP contribution in [0.2, 0.25) is 5.02 Å². The van der Waals surface area contributed by atoms with Crippen LogP contribution in [0.25, 0.3) is 0 Å². The first-order valence-electron chi connectivity index (χ1n) is 9.74. The highest BCUT2D eigenvalue weighted by molar-refractivity contribution is 6.31. The van der Waals surface area contributed by atoms with Crippen molar-refractivity contribution >= 4 is 41.9 Å². The van der Waals surface area contributed by atoms with Gasteiger partial charge in [-0.2, -0.15) is 0 Å². The van der Waals surface area contributed by atoms with Gasteiger partial charge in [0, 0.05) is 24.1 Å². The maximum atomic E-state index is 13.0. The number of rotatable bonds is 7. The first-order chi connectivity index (χ1) is 13.6. The Morgan fingerprint density at radius 3 is 2.40 bits per heavy atom. The molecule has 7 nitrogen and oxygen atoms in total. The molecule has 0 saturated heterocycles. The molecule has 1 aliphatic rings. The van der Waals surface area contributed by atoms with Gasteiger partial charge in [-0.3, -0.25) is 19.4 Å². The maximum Gasteiger partial charge on any atom is 0.411 e. The van der Waals surface area contributed by atoms with E-state index in [1.807, 2.05) is 0 Å². The van der Waals surface area contributed by atoms with Crippen molar-refractivity contribution in [3.8, 4) is 0 Å². The minimum atomic E-state index is -1.18. The standard InChI is InChI=1S/C21H29ClN2O5.ClH/c1-14(2)18(19(26)27)23(3)13-29-20(28)24(4)21(12-8-7-11-17(21)25)15-9-5-6-10-16(15)22;/h5-6,9-10,14,18H,7-8,11-13H2,1-4H3,(H,26,27);1H/t18-,21-;/m0./s1. The number of benzene rings is 1. The molecule has 1 aromatic rings. The molecule has 0 radical (unpaired) electrons. The fraction of sp³-hybridized carbons (Fsp3) is 0.571. The molecule has 0 aromatic heterocycles. The molecule has 1 aromatic carbocycles. The van der Waals surface area contributed by atoms with Gasteiger partial charge in [0.1, 0.15) is 18.3 Å². The summed E-state index contributed by atoms with van der Waals surface area (Å²) in [5, 5.41) is 9.82. The molecular weight excluding hydrogens is 431 g/mol. The third-order valence-electron chi connectivity index (χ3n) is 5.57. The average molecular weight is 461 g/mol. The highest BCUT2D eigenvalue weighted by Crippen LogP contribution is 2.42.